The highest BCUT2D eigenvalue weighted by atomic mass is 32.2. The van der Waals surface area contributed by atoms with Gasteiger partial charge < -0.3 is 0 Å². The summed E-state index contributed by atoms with van der Waals surface area (Å²) in [5.41, 5.74) is 6.17. The molecule has 1 saturated carbocycles. The fourth-order valence-electron chi connectivity index (χ4n) is 4.35. The molecule has 1 aromatic heterocycles. The number of aromatic nitrogens is 2. The van der Waals surface area contributed by atoms with E-state index in [9.17, 15) is 0 Å². The van der Waals surface area contributed by atoms with Crippen molar-refractivity contribution in [3.8, 4) is 0 Å². The Morgan fingerprint density at radius 1 is 1.23 bits per heavy atom. The summed E-state index contributed by atoms with van der Waals surface area (Å²) in [5, 5.41) is 4.10. The van der Waals surface area contributed by atoms with Crippen molar-refractivity contribution in [2.24, 2.45) is 10.4 Å². The molecule has 0 bridgehead atoms. The van der Waals surface area contributed by atoms with E-state index in [4.69, 9.17) is 4.99 Å². The van der Waals surface area contributed by atoms with Crippen molar-refractivity contribution < 1.29 is 0 Å². The number of nitrogens with zero attached hydrogens (tertiary/aromatic N) is 3. The zero-order valence-corrected chi connectivity index (χ0v) is 19.7. The van der Waals surface area contributed by atoms with Gasteiger partial charge >= 0.3 is 0 Å². The monoisotopic (exact) mass is 435 g/mol. The second-order valence-corrected chi connectivity index (χ2v) is 10.3. The lowest BCUT2D eigenvalue weighted by Gasteiger charge is -2.37. The third-order valence-corrected chi connectivity index (χ3v) is 8.13. The molecule has 0 N–H and O–H groups in total. The summed E-state index contributed by atoms with van der Waals surface area (Å²) in [7, 11) is 0. The van der Waals surface area contributed by atoms with Gasteiger partial charge in [-0.1, -0.05) is 67.6 Å². The van der Waals surface area contributed by atoms with E-state index in [1.807, 2.05) is 19.2 Å². The minimum atomic E-state index is 0.227. The van der Waals surface area contributed by atoms with Gasteiger partial charge in [-0.05, 0) is 73.1 Å². The molecule has 4 rings (SSSR count). The third kappa shape index (κ3) is 4.57. The molecule has 3 nitrogen and oxygen atoms in total. The van der Waals surface area contributed by atoms with E-state index >= 15 is 0 Å². The lowest BCUT2D eigenvalue weighted by Crippen LogP contribution is -2.25. The zero-order valence-electron chi connectivity index (χ0n) is 18.1. The van der Waals surface area contributed by atoms with Crippen molar-refractivity contribution in [2.45, 2.75) is 64.5 Å². The first-order valence-corrected chi connectivity index (χ1v) is 12.4. The SMILES string of the molecule is C=C1SC(=Nc2ccc(C)cc2CC)/C(=C/Sc2nccc(C)n2)CC12CCCC2. The fourth-order valence-corrected chi connectivity index (χ4v) is 6.31. The van der Waals surface area contributed by atoms with Gasteiger partial charge in [0.15, 0.2) is 5.16 Å². The maximum Gasteiger partial charge on any atom is 0.192 e. The number of benzene rings is 1. The van der Waals surface area contributed by atoms with Crippen LogP contribution in [0.1, 0.15) is 55.8 Å². The van der Waals surface area contributed by atoms with Gasteiger partial charge in [0.05, 0.1) is 5.69 Å². The molecule has 1 aromatic carbocycles. The molecule has 1 aliphatic carbocycles. The van der Waals surface area contributed by atoms with Crippen LogP contribution in [-0.2, 0) is 6.42 Å². The summed E-state index contributed by atoms with van der Waals surface area (Å²) >= 11 is 3.38. The van der Waals surface area contributed by atoms with E-state index in [0.717, 1.165) is 34.4 Å². The Morgan fingerprint density at radius 3 is 2.77 bits per heavy atom. The molecule has 2 fully saturated rings. The van der Waals surface area contributed by atoms with E-state index in [0.29, 0.717) is 0 Å². The molecule has 156 valence electrons. The van der Waals surface area contributed by atoms with Gasteiger partial charge in [-0.25, -0.2) is 15.0 Å². The quantitative estimate of drug-likeness (QED) is 0.366. The number of rotatable bonds is 4. The smallest absolute Gasteiger partial charge is 0.192 e. The van der Waals surface area contributed by atoms with E-state index in [-0.39, 0.29) is 5.41 Å². The first kappa shape index (κ1) is 21.4. The van der Waals surface area contributed by atoms with Crippen LogP contribution in [0.15, 0.2) is 63.1 Å². The van der Waals surface area contributed by atoms with Crippen molar-refractivity contribution >= 4 is 34.3 Å². The summed E-state index contributed by atoms with van der Waals surface area (Å²) in [6.07, 6.45) is 8.89. The van der Waals surface area contributed by atoms with Crippen LogP contribution in [0.3, 0.4) is 0 Å². The van der Waals surface area contributed by atoms with Crippen LogP contribution >= 0.6 is 23.5 Å². The van der Waals surface area contributed by atoms with Crippen LogP contribution in [-0.4, -0.2) is 15.0 Å². The normalized spacial score (nSPS) is 21.1. The van der Waals surface area contributed by atoms with Gasteiger partial charge in [0.25, 0.3) is 0 Å². The fraction of sp³-hybridized carbons (Fsp3) is 0.400. The average molecular weight is 436 g/mol. The molecule has 0 atom stereocenters. The van der Waals surface area contributed by atoms with Gasteiger partial charge in [0, 0.05) is 17.3 Å². The Morgan fingerprint density at radius 2 is 2.03 bits per heavy atom. The Balaban J connectivity index is 1.71. The number of hydrogen-bond donors (Lipinski definition) is 0. The minimum absolute atomic E-state index is 0.227. The molecule has 1 spiro atoms. The van der Waals surface area contributed by atoms with Gasteiger partial charge in [-0.15, -0.1) is 0 Å². The van der Waals surface area contributed by atoms with Crippen LogP contribution < -0.4 is 0 Å². The summed E-state index contributed by atoms with van der Waals surface area (Å²) in [6, 6.07) is 8.48. The topological polar surface area (TPSA) is 38.1 Å². The van der Waals surface area contributed by atoms with Gasteiger partial charge in [-0.2, -0.15) is 0 Å². The second kappa shape index (κ2) is 9.11. The maximum atomic E-state index is 5.14. The van der Waals surface area contributed by atoms with E-state index in [1.54, 1.807) is 23.5 Å². The molecule has 2 heterocycles. The molecule has 1 saturated heterocycles. The van der Waals surface area contributed by atoms with Crippen LogP contribution in [0, 0.1) is 19.3 Å². The predicted molar refractivity (Wildman–Crippen MR) is 131 cm³/mol. The third-order valence-electron chi connectivity index (χ3n) is 6.09. The minimum Gasteiger partial charge on any atom is -0.241 e. The van der Waals surface area contributed by atoms with Crippen molar-refractivity contribution in [3.05, 3.63) is 69.7 Å². The maximum absolute atomic E-state index is 5.14. The Kier molecular flexibility index (Phi) is 6.49. The summed E-state index contributed by atoms with van der Waals surface area (Å²) in [4.78, 5) is 15.4. The summed E-state index contributed by atoms with van der Waals surface area (Å²) in [6.45, 7) is 10.8. The van der Waals surface area contributed by atoms with E-state index in [2.05, 4.69) is 54.0 Å². The number of thioether (sulfide) groups is 2. The first-order chi connectivity index (χ1) is 14.5. The number of aryl methyl sites for hydroxylation is 3. The molecular formula is C25H29N3S2. The largest absolute Gasteiger partial charge is 0.241 e. The first-order valence-electron chi connectivity index (χ1n) is 10.7. The highest BCUT2D eigenvalue weighted by Crippen LogP contribution is 2.56. The molecule has 5 heteroatoms. The number of allylic oxidation sites excluding steroid dienone is 1. The molecule has 0 radical (unpaired) electrons. The molecule has 30 heavy (non-hydrogen) atoms. The standard InChI is InChI=1S/C25H29N3S2/c1-5-20-14-17(2)8-9-22(20)28-23-21(16-29-24-26-13-10-18(3)27-24)15-25(19(4)30-23)11-6-7-12-25/h8-10,13-14,16H,4-7,11-12,15H2,1-3H3/b21-16+,28-23?. The molecule has 2 aromatic rings. The average Bonchev–Trinajstić information content (AvgIpc) is 3.20. The Hall–Kier alpha value is -1.85. The Labute approximate surface area is 188 Å². The lowest BCUT2D eigenvalue weighted by atomic mass is 9.79. The molecule has 2 aliphatic rings. The van der Waals surface area contributed by atoms with Crippen molar-refractivity contribution in [2.75, 3.05) is 0 Å². The van der Waals surface area contributed by atoms with E-state index in [1.165, 1.54) is 47.3 Å². The summed E-state index contributed by atoms with van der Waals surface area (Å²) < 4.78 is 0. The Bertz CT molecular complexity index is 1020. The second-order valence-electron chi connectivity index (χ2n) is 8.33. The van der Waals surface area contributed by atoms with Crippen molar-refractivity contribution in [3.63, 3.8) is 0 Å². The van der Waals surface area contributed by atoms with Crippen molar-refractivity contribution in [1.82, 2.24) is 9.97 Å². The highest BCUT2D eigenvalue weighted by Gasteiger charge is 2.42. The van der Waals surface area contributed by atoms with Gasteiger partial charge in [-0.3, -0.25) is 0 Å². The van der Waals surface area contributed by atoms with E-state index < -0.39 is 0 Å². The van der Waals surface area contributed by atoms with Gasteiger partial charge in [0.2, 0.25) is 0 Å². The van der Waals surface area contributed by atoms with Crippen LogP contribution in [0.25, 0.3) is 0 Å². The van der Waals surface area contributed by atoms with Crippen LogP contribution in [0.4, 0.5) is 5.69 Å². The lowest BCUT2D eigenvalue weighted by molar-refractivity contribution is 0.389. The van der Waals surface area contributed by atoms with Crippen molar-refractivity contribution in [1.29, 1.82) is 0 Å². The number of hydrogen-bond acceptors (Lipinski definition) is 5. The highest BCUT2D eigenvalue weighted by molar-refractivity contribution is 8.17. The molecular weight excluding hydrogens is 406 g/mol. The molecule has 0 unspecified atom stereocenters. The molecule has 0 amide bonds. The van der Waals surface area contributed by atoms with Crippen LogP contribution in [0.2, 0.25) is 0 Å². The molecule has 1 aliphatic heterocycles. The number of aliphatic imine (C=N–C) groups is 1. The van der Waals surface area contributed by atoms with Gasteiger partial charge in [0.1, 0.15) is 5.04 Å². The van der Waals surface area contributed by atoms with Crippen LogP contribution in [0.5, 0.6) is 0 Å². The predicted octanol–water partition coefficient (Wildman–Crippen LogP) is 7.57. The summed E-state index contributed by atoms with van der Waals surface area (Å²) in [5.74, 6) is 0. The zero-order chi connectivity index (χ0) is 21.1.